The third-order valence-electron chi connectivity index (χ3n) is 2.81. The standard InChI is InChI=1S/C11H15N3OS/c1-3-11(2,6-15)14-9-8-4-5-16-10(8)13-7-12-9/h4-5,7,15H,3,6H2,1-2H3,(H,12,13,14). The Balaban J connectivity index is 2.37. The lowest BCUT2D eigenvalue weighted by atomic mass is 10.0. The first kappa shape index (κ1) is 11.3. The minimum Gasteiger partial charge on any atom is -0.394 e. The number of aliphatic hydroxyl groups is 1. The molecule has 0 saturated carbocycles. The highest BCUT2D eigenvalue weighted by Gasteiger charge is 2.22. The van der Waals surface area contributed by atoms with E-state index in [1.807, 2.05) is 25.3 Å². The van der Waals surface area contributed by atoms with Crippen LogP contribution in [-0.2, 0) is 0 Å². The molecule has 0 aromatic carbocycles. The molecule has 2 heterocycles. The predicted octanol–water partition coefficient (Wildman–Crippen LogP) is 2.26. The predicted molar refractivity (Wildman–Crippen MR) is 66.8 cm³/mol. The summed E-state index contributed by atoms with van der Waals surface area (Å²) in [4.78, 5) is 9.39. The largest absolute Gasteiger partial charge is 0.394 e. The van der Waals surface area contributed by atoms with Crippen molar-refractivity contribution in [2.45, 2.75) is 25.8 Å². The van der Waals surface area contributed by atoms with Crippen molar-refractivity contribution in [2.24, 2.45) is 0 Å². The van der Waals surface area contributed by atoms with Gasteiger partial charge in [-0.25, -0.2) is 9.97 Å². The van der Waals surface area contributed by atoms with Gasteiger partial charge in [0, 0.05) is 0 Å². The molecule has 86 valence electrons. The zero-order valence-corrected chi connectivity index (χ0v) is 10.2. The molecule has 0 saturated heterocycles. The minimum atomic E-state index is -0.330. The summed E-state index contributed by atoms with van der Waals surface area (Å²) in [5.74, 6) is 0.796. The van der Waals surface area contributed by atoms with Gasteiger partial charge in [-0.2, -0.15) is 0 Å². The van der Waals surface area contributed by atoms with E-state index in [9.17, 15) is 5.11 Å². The van der Waals surface area contributed by atoms with Crippen LogP contribution in [0.2, 0.25) is 0 Å². The summed E-state index contributed by atoms with van der Waals surface area (Å²) in [6.45, 7) is 4.10. The maximum Gasteiger partial charge on any atom is 0.138 e. The molecule has 0 aliphatic rings. The fraction of sp³-hybridized carbons (Fsp3) is 0.455. The first-order valence-corrected chi connectivity index (χ1v) is 6.14. The number of thiophene rings is 1. The molecule has 2 aromatic rings. The van der Waals surface area contributed by atoms with Crippen LogP contribution in [0.25, 0.3) is 10.2 Å². The van der Waals surface area contributed by atoms with Crippen molar-refractivity contribution in [2.75, 3.05) is 11.9 Å². The summed E-state index contributed by atoms with van der Waals surface area (Å²) >= 11 is 1.59. The average molecular weight is 237 g/mol. The van der Waals surface area contributed by atoms with Gasteiger partial charge >= 0.3 is 0 Å². The molecule has 2 aromatic heterocycles. The van der Waals surface area contributed by atoms with Crippen LogP contribution >= 0.6 is 11.3 Å². The van der Waals surface area contributed by atoms with Crippen molar-refractivity contribution >= 4 is 27.4 Å². The van der Waals surface area contributed by atoms with Crippen molar-refractivity contribution in [3.8, 4) is 0 Å². The van der Waals surface area contributed by atoms with E-state index in [2.05, 4.69) is 15.3 Å². The van der Waals surface area contributed by atoms with Crippen molar-refractivity contribution in [1.82, 2.24) is 9.97 Å². The lowest BCUT2D eigenvalue weighted by Gasteiger charge is -2.27. The summed E-state index contributed by atoms with van der Waals surface area (Å²) in [5, 5.41) is 15.7. The van der Waals surface area contributed by atoms with Crippen molar-refractivity contribution < 1.29 is 5.11 Å². The van der Waals surface area contributed by atoms with Crippen LogP contribution in [0.3, 0.4) is 0 Å². The molecule has 0 radical (unpaired) electrons. The van der Waals surface area contributed by atoms with Gasteiger partial charge in [0.05, 0.1) is 17.5 Å². The van der Waals surface area contributed by atoms with Crippen LogP contribution in [-0.4, -0.2) is 27.2 Å². The molecule has 0 aliphatic carbocycles. The number of hydrogen-bond donors (Lipinski definition) is 2. The van der Waals surface area contributed by atoms with Crippen LogP contribution in [0.1, 0.15) is 20.3 Å². The van der Waals surface area contributed by atoms with Gasteiger partial charge in [0.15, 0.2) is 0 Å². The molecular formula is C11H15N3OS. The molecule has 0 aliphatic heterocycles. The van der Waals surface area contributed by atoms with Gasteiger partial charge in [-0.05, 0) is 24.8 Å². The Morgan fingerprint density at radius 3 is 3.00 bits per heavy atom. The van der Waals surface area contributed by atoms with Crippen LogP contribution in [0.4, 0.5) is 5.82 Å². The van der Waals surface area contributed by atoms with Crippen molar-refractivity contribution in [3.63, 3.8) is 0 Å². The molecule has 0 bridgehead atoms. The Kier molecular flexibility index (Phi) is 3.07. The fourth-order valence-corrected chi connectivity index (χ4v) is 2.15. The van der Waals surface area contributed by atoms with Crippen molar-refractivity contribution in [1.29, 1.82) is 0 Å². The normalized spacial score (nSPS) is 14.9. The number of rotatable bonds is 4. The number of hydrogen-bond acceptors (Lipinski definition) is 5. The highest BCUT2D eigenvalue weighted by molar-refractivity contribution is 7.16. The van der Waals surface area contributed by atoms with Gasteiger partial charge in [0.1, 0.15) is 17.0 Å². The van der Waals surface area contributed by atoms with Crippen LogP contribution < -0.4 is 5.32 Å². The highest BCUT2D eigenvalue weighted by Crippen LogP contribution is 2.26. The number of aliphatic hydroxyl groups excluding tert-OH is 1. The highest BCUT2D eigenvalue weighted by atomic mass is 32.1. The van der Waals surface area contributed by atoms with E-state index in [-0.39, 0.29) is 12.1 Å². The van der Waals surface area contributed by atoms with Crippen LogP contribution in [0, 0.1) is 0 Å². The Hall–Kier alpha value is -1.20. The molecule has 4 nitrogen and oxygen atoms in total. The van der Waals surface area contributed by atoms with Gasteiger partial charge in [-0.1, -0.05) is 6.92 Å². The number of nitrogens with zero attached hydrogens (tertiary/aromatic N) is 2. The molecule has 0 spiro atoms. The SMILES string of the molecule is CCC(C)(CO)Nc1ncnc2sccc12. The van der Waals surface area contributed by atoms with Gasteiger partial charge in [0.2, 0.25) is 0 Å². The van der Waals surface area contributed by atoms with Gasteiger partial charge < -0.3 is 10.4 Å². The molecule has 5 heteroatoms. The quantitative estimate of drug-likeness (QED) is 0.856. The first-order valence-electron chi connectivity index (χ1n) is 5.26. The van der Waals surface area contributed by atoms with E-state index in [1.165, 1.54) is 0 Å². The summed E-state index contributed by atoms with van der Waals surface area (Å²) in [7, 11) is 0. The number of anilines is 1. The fourth-order valence-electron chi connectivity index (χ4n) is 1.42. The van der Waals surface area contributed by atoms with Gasteiger partial charge in [0.25, 0.3) is 0 Å². The van der Waals surface area contributed by atoms with Gasteiger partial charge in [-0.15, -0.1) is 11.3 Å². The van der Waals surface area contributed by atoms with E-state index in [4.69, 9.17) is 0 Å². The molecule has 1 atom stereocenters. The summed E-state index contributed by atoms with van der Waals surface area (Å²) in [6, 6.07) is 2.00. The van der Waals surface area contributed by atoms with Crippen molar-refractivity contribution in [3.05, 3.63) is 17.8 Å². The van der Waals surface area contributed by atoms with Gasteiger partial charge in [-0.3, -0.25) is 0 Å². The van der Waals surface area contributed by atoms with E-state index >= 15 is 0 Å². The first-order chi connectivity index (χ1) is 7.68. The maximum atomic E-state index is 9.37. The zero-order valence-electron chi connectivity index (χ0n) is 9.40. The Morgan fingerprint density at radius 2 is 2.31 bits per heavy atom. The molecule has 0 fully saturated rings. The van der Waals surface area contributed by atoms with E-state index in [0.29, 0.717) is 0 Å². The summed E-state index contributed by atoms with van der Waals surface area (Å²) < 4.78 is 0. The second kappa shape index (κ2) is 4.35. The Morgan fingerprint density at radius 1 is 1.50 bits per heavy atom. The number of fused-ring (bicyclic) bond motifs is 1. The monoisotopic (exact) mass is 237 g/mol. The minimum absolute atomic E-state index is 0.0825. The third-order valence-corrected chi connectivity index (χ3v) is 3.63. The molecule has 2 rings (SSSR count). The lowest BCUT2D eigenvalue weighted by Crippen LogP contribution is -2.38. The zero-order chi connectivity index (χ0) is 11.6. The molecule has 2 N–H and O–H groups in total. The van der Waals surface area contributed by atoms with E-state index in [1.54, 1.807) is 17.7 Å². The Labute approximate surface area is 98.4 Å². The topological polar surface area (TPSA) is 58.0 Å². The molecular weight excluding hydrogens is 222 g/mol. The van der Waals surface area contributed by atoms with Crippen LogP contribution in [0.15, 0.2) is 17.8 Å². The molecule has 16 heavy (non-hydrogen) atoms. The molecule has 0 amide bonds. The second-order valence-electron chi connectivity index (χ2n) is 4.06. The summed E-state index contributed by atoms with van der Waals surface area (Å²) in [5.41, 5.74) is -0.330. The Bertz CT molecular complexity index is 479. The number of aromatic nitrogens is 2. The van der Waals surface area contributed by atoms with E-state index in [0.717, 1.165) is 22.5 Å². The average Bonchev–Trinajstić information content (AvgIpc) is 2.78. The maximum absolute atomic E-state index is 9.37. The lowest BCUT2D eigenvalue weighted by molar-refractivity contribution is 0.218. The van der Waals surface area contributed by atoms with Crippen LogP contribution in [0.5, 0.6) is 0 Å². The second-order valence-corrected chi connectivity index (χ2v) is 4.95. The van der Waals surface area contributed by atoms with E-state index < -0.39 is 0 Å². The summed E-state index contributed by atoms with van der Waals surface area (Å²) in [6.07, 6.45) is 2.38. The molecule has 1 unspecified atom stereocenters. The smallest absolute Gasteiger partial charge is 0.138 e. The third kappa shape index (κ3) is 2.01. The number of nitrogens with one attached hydrogen (secondary N) is 1.